The van der Waals surface area contributed by atoms with E-state index in [-0.39, 0.29) is 11.9 Å². The summed E-state index contributed by atoms with van der Waals surface area (Å²) in [6.07, 6.45) is 0.777. The van der Waals surface area contributed by atoms with Crippen molar-refractivity contribution in [3.05, 3.63) is 41.3 Å². The number of ether oxygens (including phenoxy) is 1. The monoisotopic (exact) mass is 348 g/mol. The molecule has 6 nitrogen and oxygen atoms in total. The normalized spacial score (nSPS) is 17.6. The van der Waals surface area contributed by atoms with Gasteiger partial charge in [-0.1, -0.05) is 12.1 Å². The molecule has 0 amide bonds. The molecule has 1 aromatic heterocycles. The average molecular weight is 348 g/mol. The van der Waals surface area contributed by atoms with Gasteiger partial charge in [0.15, 0.2) is 5.82 Å². The maximum Gasteiger partial charge on any atom is 0.243 e. The van der Waals surface area contributed by atoms with Gasteiger partial charge in [0.05, 0.1) is 13.2 Å². The summed E-state index contributed by atoms with van der Waals surface area (Å²) in [4.78, 5) is 9.08. The van der Waals surface area contributed by atoms with Gasteiger partial charge in [0.1, 0.15) is 11.6 Å². The maximum absolute atomic E-state index is 13.5. The summed E-state index contributed by atoms with van der Waals surface area (Å²) in [5.74, 6) is 1.93. The van der Waals surface area contributed by atoms with Gasteiger partial charge in [0.2, 0.25) is 5.89 Å². The highest BCUT2D eigenvalue weighted by molar-refractivity contribution is 5.33. The van der Waals surface area contributed by atoms with E-state index in [4.69, 9.17) is 9.26 Å². The van der Waals surface area contributed by atoms with E-state index in [1.165, 1.54) is 6.07 Å². The minimum absolute atomic E-state index is 0.110. The minimum Gasteiger partial charge on any atom is -0.496 e. The summed E-state index contributed by atoms with van der Waals surface area (Å²) in [5.41, 5.74) is 0.883. The fourth-order valence-corrected chi connectivity index (χ4v) is 3.16. The van der Waals surface area contributed by atoms with Gasteiger partial charge in [-0.05, 0) is 25.1 Å². The lowest BCUT2D eigenvalue weighted by atomic mass is 10.1. The molecule has 1 fully saturated rings. The molecule has 0 radical (unpaired) electrons. The molecule has 2 heterocycles. The Morgan fingerprint density at radius 3 is 2.68 bits per heavy atom. The Labute approximate surface area is 147 Å². The minimum atomic E-state index is -0.230. The van der Waals surface area contributed by atoms with Gasteiger partial charge < -0.3 is 9.26 Å². The van der Waals surface area contributed by atoms with Gasteiger partial charge in [-0.3, -0.25) is 9.80 Å². The lowest BCUT2D eigenvalue weighted by Crippen LogP contribution is -2.46. The van der Waals surface area contributed by atoms with E-state index in [0.29, 0.717) is 12.4 Å². The number of aromatic nitrogens is 2. The molecule has 1 aliphatic rings. The quantitative estimate of drug-likeness (QED) is 0.800. The van der Waals surface area contributed by atoms with Crippen molar-refractivity contribution in [1.82, 2.24) is 19.9 Å². The number of rotatable bonds is 6. The van der Waals surface area contributed by atoms with Crippen LogP contribution in [0.5, 0.6) is 5.75 Å². The van der Waals surface area contributed by atoms with Crippen LogP contribution < -0.4 is 4.74 Å². The topological polar surface area (TPSA) is 54.6 Å². The van der Waals surface area contributed by atoms with Crippen molar-refractivity contribution in [1.29, 1.82) is 0 Å². The number of methoxy groups -OCH3 is 1. The van der Waals surface area contributed by atoms with Crippen LogP contribution in [0.1, 0.15) is 37.2 Å². The van der Waals surface area contributed by atoms with E-state index in [0.717, 1.165) is 49.7 Å². The Hall–Kier alpha value is -1.99. The molecule has 0 spiro atoms. The van der Waals surface area contributed by atoms with E-state index in [2.05, 4.69) is 26.9 Å². The molecule has 25 heavy (non-hydrogen) atoms. The molecule has 1 aliphatic heterocycles. The largest absolute Gasteiger partial charge is 0.496 e. The van der Waals surface area contributed by atoms with Crippen LogP contribution in [0.3, 0.4) is 0 Å². The number of benzene rings is 1. The summed E-state index contributed by atoms with van der Waals surface area (Å²) in [6.45, 7) is 8.41. The van der Waals surface area contributed by atoms with E-state index in [9.17, 15) is 4.39 Å². The zero-order chi connectivity index (χ0) is 17.8. The zero-order valence-electron chi connectivity index (χ0n) is 15.0. The predicted molar refractivity (Wildman–Crippen MR) is 91.9 cm³/mol. The Bertz CT molecular complexity index is 698. The Balaban J connectivity index is 1.57. The maximum atomic E-state index is 13.5. The summed E-state index contributed by atoms with van der Waals surface area (Å²) in [6, 6.07) is 4.78. The molecule has 1 unspecified atom stereocenters. The van der Waals surface area contributed by atoms with Crippen LogP contribution in [0.25, 0.3) is 0 Å². The van der Waals surface area contributed by atoms with Gasteiger partial charge in [-0.2, -0.15) is 4.98 Å². The molecular formula is C18H25FN4O2. The lowest BCUT2D eigenvalue weighted by molar-refractivity contribution is 0.0840. The average Bonchev–Trinajstić information content (AvgIpc) is 3.11. The Morgan fingerprint density at radius 2 is 2.04 bits per heavy atom. The number of halogens is 1. The Kier molecular flexibility index (Phi) is 5.65. The summed E-state index contributed by atoms with van der Waals surface area (Å²) >= 11 is 0. The molecule has 136 valence electrons. The lowest BCUT2D eigenvalue weighted by Gasteiger charge is -2.37. The predicted octanol–water partition coefficient (Wildman–Crippen LogP) is 2.66. The van der Waals surface area contributed by atoms with Gasteiger partial charge in [0.25, 0.3) is 0 Å². The smallest absolute Gasteiger partial charge is 0.243 e. The second-order valence-corrected chi connectivity index (χ2v) is 6.35. The Morgan fingerprint density at radius 1 is 1.28 bits per heavy atom. The molecule has 7 heteroatoms. The van der Waals surface area contributed by atoms with Crippen molar-refractivity contribution in [2.75, 3.05) is 33.3 Å². The second-order valence-electron chi connectivity index (χ2n) is 6.35. The first-order chi connectivity index (χ1) is 12.1. The zero-order valence-corrected chi connectivity index (χ0v) is 15.0. The van der Waals surface area contributed by atoms with Crippen molar-refractivity contribution in [2.24, 2.45) is 0 Å². The van der Waals surface area contributed by atoms with Crippen molar-refractivity contribution in [2.45, 2.75) is 32.9 Å². The van der Waals surface area contributed by atoms with Crippen molar-refractivity contribution < 1.29 is 13.7 Å². The van der Waals surface area contributed by atoms with Gasteiger partial charge >= 0.3 is 0 Å². The summed E-state index contributed by atoms with van der Waals surface area (Å²) in [7, 11) is 1.62. The van der Waals surface area contributed by atoms with Gasteiger partial charge in [-0.15, -0.1) is 0 Å². The fourth-order valence-electron chi connectivity index (χ4n) is 3.16. The van der Waals surface area contributed by atoms with Crippen molar-refractivity contribution >= 4 is 0 Å². The summed E-state index contributed by atoms with van der Waals surface area (Å²) < 4.78 is 24.2. The standard InChI is InChI=1S/C18H25FN4O2/c1-4-17-20-18(25-21-17)13(2)23-9-7-22(8-10-23)12-14-11-15(19)5-6-16(14)24-3/h5-6,11,13H,4,7-10,12H2,1-3H3. The first-order valence-corrected chi connectivity index (χ1v) is 8.72. The number of nitrogens with zero attached hydrogens (tertiary/aromatic N) is 4. The molecular weight excluding hydrogens is 323 g/mol. The number of hydrogen-bond acceptors (Lipinski definition) is 6. The molecule has 0 aliphatic carbocycles. The van der Waals surface area contributed by atoms with E-state index in [1.807, 2.05) is 6.92 Å². The highest BCUT2D eigenvalue weighted by atomic mass is 19.1. The van der Waals surface area contributed by atoms with Crippen LogP contribution in [-0.2, 0) is 13.0 Å². The van der Waals surface area contributed by atoms with Gasteiger partial charge in [0, 0.05) is 44.7 Å². The molecule has 3 rings (SSSR count). The number of aryl methyl sites for hydroxylation is 1. The van der Waals surface area contributed by atoms with Crippen LogP contribution >= 0.6 is 0 Å². The molecule has 0 N–H and O–H groups in total. The van der Waals surface area contributed by atoms with Crippen LogP contribution in [-0.4, -0.2) is 53.2 Å². The third-order valence-electron chi connectivity index (χ3n) is 4.75. The number of piperazine rings is 1. The molecule has 1 saturated heterocycles. The molecule has 1 aromatic carbocycles. The first-order valence-electron chi connectivity index (χ1n) is 8.72. The first kappa shape index (κ1) is 17.8. The second kappa shape index (κ2) is 7.93. The van der Waals surface area contributed by atoms with E-state index < -0.39 is 0 Å². The van der Waals surface area contributed by atoms with Crippen LogP contribution in [0, 0.1) is 5.82 Å². The van der Waals surface area contributed by atoms with Crippen LogP contribution in [0.4, 0.5) is 4.39 Å². The third kappa shape index (κ3) is 4.16. The fraction of sp³-hybridized carbons (Fsp3) is 0.556. The molecule has 1 atom stereocenters. The van der Waals surface area contributed by atoms with Crippen LogP contribution in [0.15, 0.2) is 22.7 Å². The molecule has 0 bridgehead atoms. The van der Waals surface area contributed by atoms with Gasteiger partial charge in [-0.25, -0.2) is 4.39 Å². The molecule has 0 saturated carbocycles. The highest BCUT2D eigenvalue weighted by Gasteiger charge is 2.26. The van der Waals surface area contributed by atoms with E-state index >= 15 is 0 Å². The summed E-state index contributed by atoms with van der Waals surface area (Å²) in [5, 5.41) is 3.98. The third-order valence-corrected chi connectivity index (χ3v) is 4.75. The number of hydrogen-bond donors (Lipinski definition) is 0. The highest BCUT2D eigenvalue weighted by Crippen LogP contribution is 2.24. The molecule has 2 aromatic rings. The SMILES string of the molecule is CCc1noc(C(C)N2CCN(Cc3cc(F)ccc3OC)CC2)n1. The van der Waals surface area contributed by atoms with Crippen molar-refractivity contribution in [3.8, 4) is 5.75 Å². The van der Waals surface area contributed by atoms with Crippen molar-refractivity contribution in [3.63, 3.8) is 0 Å². The van der Waals surface area contributed by atoms with Crippen LogP contribution in [0.2, 0.25) is 0 Å². The van der Waals surface area contributed by atoms with E-state index in [1.54, 1.807) is 19.2 Å².